The van der Waals surface area contributed by atoms with E-state index in [9.17, 15) is 4.79 Å². The summed E-state index contributed by atoms with van der Waals surface area (Å²) < 4.78 is 5.34. The third-order valence-electron chi connectivity index (χ3n) is 4.84. The number of alkyl carbamates (subject to hydrolysis) is 1. The van der Waals surface area contributed by atoms with E-state index in [0.717, 1.165) is 32.0 Å². The van der Waals surface area contributed by atoms with Crippen LogP contribution >= 0.6 is 0 Å². The largest absolute Gasteiger partial charge is 0.444 e. The van der Waals surface area contributed by atoms with E-state index in [1.807, 2.05) is 20.8 Å². The van der Waals surface area contributed by atoms with Crippen molar-refractivity contribution in [1.82, 2.24) is 10.6 Å². The molecule has 122 valence electrons. The summed E-state index contributed by atoms with van der Waals surface area (Å²) in [6, 6.07) is 0. The van der Waals surface area contributed by atoms with Gasteiger partial charge >= 0.3 is 6.09 Å². The number of carbonyl (C=O) groups excluding carboxylic acids is 1. The Bertz CT molecular complexity index is 332. The highest BCUT2D eigenvalue weighted by atomic mass is 16.6. The molecule has 2 atom stereocenters. The summed E-state index contributed by atoms with van der Waals surface area (Å²) >= 11 is 0. The van der Waals surface area contributed by atoms with Gasteiger partial charge in [0, 0.05) is 6.54 Å². The molecular formula is C17H32N2O2. The van der Waals surface area contributed by atoms with Crippen molar-refractivity contribution in [3.05, 3.63) is 0 Å². The lowest BCUT2D eigenvalue weighted by molar-refractivity contribution is 0.0494. The van der Waals surface area contributed by atoms with Crippen LogP contribution in [0.25, 0.3) is 0 Å². The number of nitrogens with one attached hydrogen (secondary N) is 2. The molecule has 0 aromatic carbocycles. The maximum absolute atomic E-state index is 11.8. The Labute approximate surface area is 129 Å². The van der Waals surface area contributed by atoms with Gasteiger partial charge in [0.2, 0.25) is 0 Å². The van der Waals surface area contributed by atoms with Crippen LogP contribution in [0.3, 0.4) is 0 Å². The zero-order chi connectivity index (χ0) is 15.3. The van der Waals surface area contributed by atoms with Crippen LogP contribution in [0, 0.1) is 17.8 Å². The third-order valence-corrected chi connectivity index (χ3v) is 4.84. The highest BCUT2D eigenvalue weighted by Gasteiger charge is 2.32. The minimum absolute atomic E-state index is 0.275. The average Bonchev–Trinajstić information content (AvgIpc) is 2.45. The number of hydrogen-bond donors (Lipinski definition) is 2. The predicted octanol–water partition coefficient (Wildman–Crippen LogP) is 3.32. The molecule has 4 nitrogen and oxygen atoms in total. The van der Waals surface area contributed by atoms with Gasteiger partial charge in [0.05, 0.1) is 0 Å². The SMILES string of the molecule is CC(C)(C)OC(=O)NCC1CCNCC1C1CCCCC1. The van der Waals surface area contributed by atoms with E-state index in [-0.39, 0.29) is 6.09 Å². The fourth-order valence-electron chi connectivity index (χ4n) is 3.83. The standard InChI is InChI=1S/C17H32N2O2/c1-17(2,3)21-16(20)19-11-14-9-10-18-12-15(14)13-7-5-4-6-8-13/h13-15,18H,4-12H2,1-3H3,(H,19,20). The predicted molar refractivity (Wildman–Crippen MR) is 85.3 cm³/mol. The van der Waals surface area contributed by atoms with E-state index in [1.165, 1.54) is 32.1 Å². The summed E-state index contributed by atoms with van der Waals surface area (Å²) in [6.45, 7) is 8.67. The topological polar surface area (TPSA) is 50.4 Å². The van der Waals surface area contributed by atoms with Crippen molar-refractivity contribution in [3.63, 3.8) is 0 Å². The Kier molecular flexibility index (Phi) is 5.91. The summed E-state index contributed by atoms with van der Waals surface area (Å²) in [5.41, 5.74) is -0.416. The van der Waals surface area contributed by atoms with Crippen molar-refractivity contribution in [3.8, 4) is 0 Å². The van der Waals surface area contributed by atoms with Crippen LogP contribution in [0.1, 0.15) is 59.3 Å². The van der Waals surface area contributed by atoms with Gasteiger partial charge in [-0.1, -0.05) is 32.1 Å². The van der Waals surface area contributed by atoms with E-state index < -0.39 is 5.60 Å². The quantitative estimate of drug-likeness (QED) is 0.840. The first kappa shape index (κ1) is 16.6. The van der Waals surface area contributed by atoms with Crippen molar-refractivity contribution in [2.45, 2.75) is 64.9 Å². The minimum atomic E-state index is -0.416. The highest BCUT2D eigenvalue weighted by Crippen LogP contribution is 2.36. The molecule has 2 N–H and O–H groups in total. The van der Waals surface area contributed by atoms with E-state index in [4.69, 9.17) is 4.74 Å². The lowest BCUT2D eigenvalue weighted by Gasteiger charge is -2.39. The van der Waals surface area contributed by atoms with Gasteiger partial charge < -0.3 is 15.4 Å². The van der Waals surface area contributed by atoms with E-state index in [1.54, 1.807) is 0 Å². The molecule has 1 aliphatic heterocycles. The maximum atomic E-state index is 11.8. The first-order valence-electron chi connectivity index (χ1n) is 8.63. The third kappa shape index (κ3) is 5.50. The Morgan fingerprint density at radius 2 is 1.90 bits per heavy atom. The zero-order valence-corrected chi connectivity index (χ0v) is 13.9. The molecule has 1 saturated carbocycles. The number of amides is 1. The van der Waals surface area contributed by atoms with Crippen LogP contribution in [0.15, 0.2) is 0 Å². The number of piperidine rings is 1. The Morgan fingerprint density at radius 3 is 2.57 bits per heavy atom. The molecule has 1 aliphatic carbocycles. The van der Waals surface area contributed by atoms with E-state index in [2.05, 4.69) is 10.6 Å². The maximum Gasteiger partial charge on any atom is 0.407 e. The summed E-state index contributed by atoms with van der Waals surface area (Å²) in [7, 11) is 0. The number of carbonyl (C=O) groups is 1. The summed E-state index contributed by atoms with van der Waals surface area (Å²) in [5, 5.41) is 6.53. The molecule has 1 amide bonds. The van der Waals surface area contributed by atoms with Gasteiger partial charge in [-0.15, -0.1) is 0 Å². The van der Waals surface area contributed by atoms with Crippen molar-refractivity contribution in [2.75, 3.05) is 19.6 Å². The molecule has 0 aromatic heterocycles. The first-order chi connectivity index (χ1) is 9.96. The molecule has 0 spiro atoms. The fraction of sp³-hybridized carbons (Fsp3) is 0.941. The second-order valence-corrected chi connectivity index (χ2v) is 7.70. The smallest absolute Gasteiger partial charge is 0.407 e. The van der Waals surface area contributed by atoms with Gasteiger partial charge in [-0.3, -0.25) is 0 Å². The molecule has 4 heteroatoms. The van der Waals surface area contributed by atoms with Crippen molar-refractivity contribution < 1.29 is 9.53 Å². The number of hydrogen-bond acceptors (Lipinski definition) is 3. The molecule has 0 bridgehead atoms. The summed E-state index contributed by atoms with van der Waals surface area (Å²) in [4.78, 5) is 11.8. The molecule has 21 heavy (non-hydrogen) atoms. The first-order valence-corrected chi connectivity index (χ1v) is 8.63. The fourth-order valence-corrected chi connectivity index (χ4v) is 3.83. The molecule has 2 fully saturated rings. The van der Waals surface area contributed by atoms with Crippen LogP contribution < -0.4 is 10.6 Å². The summed E-state index contributed by atoms with van der Waals surface area (Å²) in [6.07, 6.45) is 7.79. The van der Waals surface area contributed by atoms with E-state index >= 15 is 0 Å². The second kappa shape index (κ2) is 7.48. The normalized spacial score (nSPS) is 28.1. The molecule has 1 heterocycles. The van der Waals surface area contributed by atoms with Crippen molar-refractivity contribution >= 4 is 6.09 Å². The molecule has 2 rings (SSSR count). The molecule has 2 unspecified atom stereocenters. The Hall–Kier alpha value is -0.770. The van der Waals surface area contributed by atoms with Crippen LogP contribution in [-0.4, -0.2) is 31.3 Å². The zero-order valence-electron chi connectivity index (χ0n) is 13.9. The van der Waals surface area contributed by atoms with Crippen molar-refractivity contribution in [1.29, 1.82) is 0 Å². The number of rotatable bonds is 3. The molecule has 0 aromatic rings. The van der Waals surface area contributed by atoms with Gasteiger partial charge in [0.25, 0.3) is 0 Å². The minimum Gasteiger partial charge on any atom is -0.444 e. The number of ether oxygens (including phenoxy) is 1. The van der Waals surface area contributed by atoms with Gasteiger partial charge in [0.15, 0.2) is 0 Å². The van der Waals surface area contributed by atoms with Crippen LogP contribution in [0.5, 0.6) is 0 Å². The second-order valence-electron chi connectivity index (χ2n) is 7.70. The van der Waals surface area contributed by atoms with Crippen LogP contribution in [0.4, 0.5) is 4.79 Å². The van der Waals surface area contributed by atoms with Crippen LogP contribution in [-0.2, 0) is 4.74 Å². The van der Waals surface area contributed by atoms with Crippen LogP contribution in [0.2, 0.25) is 0 Å². The lowest BCUT2D eigenvalue weighted by Crippen LogP contribution is -2.46. The van der Waals surface area contributed by atoms with Gasteiger partial charge in [-0.05, 0) is 58.0 Å². The monoisotopic (exact) mass is 296 g/mol. The van der Waals surface area contributed by atoms with Gasteiger partial charge in [-0.2, -0.15) is 0 Å². The highest BCUT2D eigenvalue weighted by molar-refractivity contribution is 5.67. The lowest BCUT2D eigenvalue weighted by atomic mass is 9.71. The average molecular weight is 296 g/mol. The van der Waals surface area contributed by atoms with Gasteiger partial charge in [-0.25, -0.2) is 4.79 Å². The molecule has 1 saturated heterocycles. The summed E-state index contributed by atoms with van der Waals surface area (Å²) in [5.74, 6) is 2.16. The van der Waals surface area contributed by atoms with Crippen molar-refractivity contribution in [2.24, 2.45) is 17.8 Å². The van der Waals surface area contributed by atoms with Gasteiger partial charge in [0.1, 0.15) is 5.60 Å². The van der Waals surface area contributed by atoms with E-state index in [0.29, 0.717) is 11.8 Å². The molecular weight excluding hydrogens is 264 g/mol. The Morgan fingerprint density at radius 1 is 1.19 bits per heavy atom. The molecule has 2 aliphatic rings. The molecule has 0 radical (unpaired) electrons. The Balaban J connectivity index is 1.82.